The van der Waals surface area contributed by atoms with Crippen molar-refractivity contribution in [3.63, 3.8) is 0 Å². The van der Waals surface area contributed by atoms with E-state index in [4.69, 9.17) is 11.8 Å². The molecule has 0 bridgehead atoms. The minimum Gasteiger partial charge on any atom is -0.768 e. The number of carbonyl (C=O) groups is 1. The first kappa shape index (κ1) is 26.6. The van der Waals surface area contributed by atoms with Gasteiger partial charge in [-0.3, -0.25) is 9.11 Å². The number of hydrogen-bond donors (Lipinski definition) is 0. The predicted molar refractivity (Wildman–Crippen MR) is 107 cm³/mol. The van der Waals surface area contributed by atoms with Crippen LogP contribution in [0.15, 0.2) is 58.8 Å². The summed E-state index contributed by atoms with van der Waals surface area (Å²) in [6.07, 6.45) is -4.63. The van der Waals surface area contributed by atoms with Crippen molar-refractivity contribution in [2.75, 3.05) is 11.9 Å². The van der Waals surface area contributed by atoms with Gasteiger partial charge in [-0.15, -0.1) is 0 Å². The van der Waals surface area contributed by atoms with E-state index in [0.29, 0.717) is 0 Å². The van der Waals surface area contributed by atoms with Gasteiger partial charge in [-0.25, -0.2) is 9.64 Å². The van der Waals surface area contributed by atoms with Gasteiger partial charge >= 0.3 is 41.8 Å². The summed E-state index contributed by atoms with van der Waals surface area (Å²) in [7, 11) is 1.32. The van der Waals surface area contributed by atoms with E-state index in [0.717, 1.165) is 34.1 Å². The van der Waals surface area contributed by atoms with Gasteiger partial charge in [0.05, 0.1) is 29.8 Å². The third-order valence-corrected chi connectivity index (χ3v) is 5.73. The molecule has 2 atom stereocenters. The van der Waals surface area contributed by atoms with Crippen LogP contribution in [0, 0.1) is 17.9 Å². The summed E-state index contributed by atoms with van der Waals surface area (Å²) in [6, 6.07) is 7.95. The zero-order valence-corrected chi connectivity index (χ0v) is 20.5. The molecule has 0 aromatic heterocycles. The van der Waals surface area contributed by atoms with E-state index < -0.39 is 34.9 Å². The minimum atomic E-state index is -4.63. The number of alkyl halides is 3. The molecule has 2 amide bonds. The van der Waals surface area contributed by atoms with Gasteiger partial charge in [0.2, 0.25) is 5.70 Å². The summed E-state index contributed by atoms with van der Waals surface area (Å²) in [6.45, 7) is 9.04. The van der Waals surface area contributed by atoms with Crippen LogP contribution in [-0.2, 0) is 17.3 Å². The molecule has 0 saturated carbocycles. The van der Waals surface area contributed by atoms with Crippen molar-refractivity contribution in [1.82, 2.24) is 4.90 Å². The molecule has 0 radical (unpaired) electrons. The van der Waals surface area contributed by atoms with E-state index >= 15 is 0 Å². The molecule has 1 unspecified atom stereocenters. The average molecular weight is 482 g/mol. The van der Waals surface area contributed by atoms with E-state index in [1.54, 1.807) is 0 Å². The largest absolute Gasteiger partial charge is 1.00 e. The SMILES string of the molecule is [C-]#[N+]C1=C(C)N(c2cccc(C(F)(F)F)c2)C(=O)N(C)[C@@H]1c1ccc(C#N)cc1S(=O)[O-].[Na+]. The van der Waals surface area contributed by atoms with Crippen molar-refractivity contribution in [2.24, 2.45) is 0 Å². The molecule has 1 aliphatic rings. The molecule has 0 spiro atoms. The van der Waals surface area contributed by atoms with Crippen LogP contribution < -0.4 is 34.5 Å². The Morgan fingerprint density at radius 2 is 1.91 bits per heavy atom. The van der Waals surface area contributed by atoms with Crippen molar-refractivity contribution < 1.29 is 56.3 Å². The molecule has 0 N–H and O–H groups in total. The number of hydrogen-bond acceptors (Lipinski definition) is 4. The van der Waals surface area contributed by atoms with Crippen molar-refractivity contribution in [3.05, 3.63) is 82.0 Å². The molecule has 1 aliphatic heterocycles. The molecule has 0 saturated heterocycles. The van der Waals surface area contributed by atoms with Crippen LogP contribution in [0.1, 0.15) is 29.7 Å². The van der Waals surface area contributed by atoms with Crippen molar-refractivity contribution in [3.8, 4) is 6.07 Å². The topological polar surface area (TPSA) is 91.8 Å². The number of urea groups is 1. The minimum absolute atomic E-state index is 0. The van der Waals surface area contributed by atoms with E-state index in [2.05, 4.69) is 4.85 Å². The number of likely N-dealkylation sites (N-methyl/N-ethyl adjacent to an activating group) is 1. The van der Waals surface area contributed by atoms with Gasteiger partial charge in [0.1, 0.15) is 0 Å². The Morgan fingerprint density at radius 3 is 2.45 bits per heavy atom. The molecule has 0 aliphatic carbocycles. The van der Waals surface area contributed by atoms with Gasteiger partial charge < -0.3 is 9.45 Å². The Kier molecular flexibility index (Phi) is 8.12. The molecular weight excluding hydrogens is 468 g/mol. The first-order valence-corrected chi connectivity index (χ1v) is 10.0. The first-order valence-electron chi connectivity index (χ1n) is 8.97. The van der Waals surface area contributed by atoms with E-state index in [-0.39, 0.29) is 62.7 Å². The van der Waals surface area contributed by atoms with E-state index in [1.165, 1.54) is 32.2 Å². The van der Waals surface area contributed by atoms with Crippen molar-refractivity contribution in [1.29, 1.82) is 5.26 Å². The number of allylic oxidation sites excluding steroid dienone is 1. The molecule has 1 heterocycles. The van der Waals surface area contributed by atoms with Crippen LogP contribution in [-0.4, -0.2) is 26.7 Å². The van der Waals surface area contributed by atoms with Crippen LogP contribution in [0.4, 0.5) is 23.7 Å². The Morgan fingerprint density at radius 1 is 1.24 bits per heavy atom. The van der Waals surface area contributed by atoms with Crippen molar-refractivity contribution in [2.45, 2.75) is 24.0 Å². The summed E-state index contributed by atoms with van der Waals surface area (Å²) in [4.78, 5) is 18.5. The number of benzene rings is 2. The Balaban J connectivity index is 0.00000385. The number of rotatable bonds is 3. The summed E-state index contributed by atoms with van der Waals surface area (Å²) < 4.78 is 63.1. The third-order valence-electron chi connectivity index (χ3n) is 5.01. The monoisotopic (exact) mass is 482 g/mol. The third kappa shape index (κ3) is 4.98. The van der Waals surface area contributed by atoms with Crippen molar-refractivity contribution >= 4 is 22.8 Å². The number of anilines is 1. The maximum atomic E-state index is 13.2. The molecule has 12 heteroatoms. The van der Waals surface area contributed by atoms with E-state index in [1.807, 2.05) is 6.07 Å². The fourth-order valence-corrected chi connectivity index (χ4v) is 4.10. The average Bonchev–Trinajstić information content (AvgIpc) is 2.75. The van der Waals surface area contributed by atoms with Gasteiger partial charge in [0.25, 0.3) is 0 Å². The zero-order valence-electron chi connectivity index (χ0n) is 17.7. The van der Waals surface area contributed by atoms with Gasteiger partial charge in [0, 0.05) is 23.3 Å². The van der Waals surface area contributed by atoms with Crippen LogP contribution in [0.25, 0.3) is 4.85 Å². The first-order chi connectivity index (χ1) is 15.0. The van der Waals surface area contributed by atoms with Gasteiger partial charge in [-0.1, -0.05) is 12.1 Å². The van der Waals surface area contributed by atoms with Gasteiger partial charge in [-0.2, -0.15) is 18.4 Å². The normalized spacial score (nSPS) is 17.2. The fraction of sp³-hybridized carbons (Fsp3) is 0.190. The second kappa shape index (κ2) is 10.1. The second-order valence-corrected chi connectivity index (χ2v) is 7.77. The van der Waals surface area contributed by atoms with Crippen LogP contribution in [0.3, 0.4) is 0 Å². The fourth-order valence-electron chi connectivity index (χ4n) is 3.51. The van der Waals surface area contributed by atoms with Crippen LogP contribution >= 0.6 is 0 Å². The second-order valence-electron chi connectivity index (χ2n) is 6.86. The number of carbonyl (C=O) groups excluding carboxylic acids is 1. The molecule has 0 fully saturated rings. The van der Waals surface area contributed by atoms with Gasteiger partial charge in [-0.05, 0) is 53.9 Å². The molecule has 164 valence electrons. The maximum Gasteiger partial charge on any atom is 1.00 e. The maximum absolute atomic E-state index is 13.2. The summed E-state index contributed by atoms with van der Waals surface area (Å²) >= 11 is -2.77. The quantitative estimate of drug-likeness (QED) is 0.378. The molecule has 33 heavy (non-hydrogen) atoms. The standard InChI is InChI=1S/C21H15F3N4O3S.Na/c1-12-18(26-2)19(16-8-7-13(11-25)9-17(16)32(30)31)27(3)20(29)28(12)15-6-4-5-14(10-15)21(22,23)24;/h4-10,19H,1,3H3,(H,30,31);/q;+1/p-1/t19-;/m1./s1. The Hall–Kier alpha value is -2.67. The number of nitrogens with zero attached hydrogens (tertiary/aromatic N) is 4. The summed E-state index contributed by atoms with van der Waals surface area (Å²) in [5.41, 5.74) is -0.835. The van der Waals surface area contributed by atoms with E-state index in [9.17, 15) is 26.7 Å². The molecular formula is C21H14F3N4NaO3S. The number of halogens is 3. The summed E-state index contributed by atoms with van der Waals surface area (Å²) in [5.74, 6) is 0. The Bertz CT molecular complexity index is 1250. The molecule has 2 aromatic rings. The Labute approximate surface area is 212 Å². The molecule has 2 aromatic carbocycles. The van der Waals surface area contributed by atoms with Gasteiger partial charge in [0.15, 0.2) is 0 Å². The predicted octanol–water partition coefficient (Wildman–Crippen LogP) is 1.58. The number of amides is 2. The smallest absolute Gasteiger partial charge is 0.768 e. The zero-order chi connectivity index (χ0) is 23.8. The van der Waals surface area contributed by atoms with Crippen LogP contribution in [0.2, 0.25) is 0 Å². The molecule has 7 nitrogen and oxygen atoms in total. The number of nitriles is 1. The molecule has 3 rings (SSSR count). The summed E-state index contributed by atoms with van der Waals surface area (Å²) in [5, 5.41) is 9.06. The van der Waals surface area contributed by atoms with Crippen LogP contribution in [0.5, 0.6) is 0 Å².